The summed E-state index contributed by atoms with van der Waals surface area (Å²) >= 11 is 5.89. The summed E-state index contributed by atoms with van der Waals surface area (Å²) in [5.41, 5.74) is 0.521. The molecule has 0 radical (unpaired) electrons. The molecule has 0 saturated carbocycles. The van der Waals surface area contributed by atoms with Gasteiger partial charge in [0.25, 0.3) is 5.69 Å². The zero-order valence-corrected chi connectivity index (χ0v) is 12.3. The van der Waals surface area contributed by atoms with E-state index in [1.165, 1.54) is 12.1 Å². The van der Waals surface area contributed by atoms with Gasteiger partial charge in [-0.05, 0) is 32.1 Å². The van der Waals surface area contributed by atoms with Gasteiger partial charge in [-0.1, -0.05) is 25.4 Å². The number of nitrogens with one attached hydrogen (secondary N) is 1. The number of halogens is 1. The van der Waals surface area contributed by atoms with Crippen LogP contribution in [-0.2, 0) is 0 Å². The molecule has 0 heterocycles. The second-order valence-corrected chi connectivity index (χ2v) is 4.89. The van der Waals surface area contributed by atoms with Crippen molar-refractivity contribution in [2.75, 3.05) is 25.0 Å². The summed E-state index contributed by atoms with van der Waals surface area (Å²) in [4.78, 5) is 12.8. The molecule has 0 aliphatic carbocycles. The molecule has 1 unspecified atom stereocenters. The summed E-state index contributed by atoms with van der Waals surface area (Å²) in [6.45, 7) is 8.94. The van der Waals surface area contributed by atoms with Gasteiger partial charge in [-0.25, -0.2) is 0 Å². The molecule has 0 amide bonds. The Kier molecular flexibility index (Phi) is 6.05. The van der Waals surface area contributed by atoms with Gasteiger partial charge < -0.3 is 10.2 Å². The van der Waals surface area contributed by atoms with Gasteiger partial charge in [0.05, 0.1) is 4.92 Å². The fourth-order valence-electron chi connectivity index (χ4n) is 1.96. The van der Waals surface area contributed by atoms with Gasteiger partial charge in [-0.2, -0.15) is 0 Å². The van der Waals surface area contributed by atoms with Crippen LogP contribution in [0.4, 0.5) is 11.4 Å². The van der Waals surface area contributed by atoms with Crippen LogP contribution in [0, 0.1) is 10.1 Å². The number of anilines is 1. The van der Waals surface area contributed by atoms with Gasteiger partial charge in [-0.3, -0.25) is 10.1 Å². The lowest BCUT2D eigenvalue weighted by Gasteiger charge is -2.24. The minimum absolute atomic E-state index is 0.0517. The molecular weight excluding hydrogens is 266 g/mol. The summed E-state index contributed by atoms with van der Waals surface area (Å²) in [5.74, 6) is 0. The average Bonchev–Trinajstić information content (AvgIpc) is 2.35. The monoisotopic (exact) mass is 285 g/mol. The van der Waals surface area contributed by atoms with Crippen LogP contribution in [0.5, 0.6) is 0 Å². The van der Waals surface area contributed by atoms with Crippen molar-refractivity contribution < 1.29 is 4.92 Å². The second-order valence-electron chi connectivity index (χ2n) is 4.45. The van der Waals surface area contributed by atoms with Crippen molar-refractivity contribution in [1.29, 1.82) is 0 Å². The molecule has 0 aliphatic rings. The molecule has 0 aliphatic heterocycles. The Bertz CT molecular complexity index is 436. The molecule has 0 fully saturated rings. The highest BCUT2D eigenvalue weighted by Crippen LogP contribution is 2.28. The van der Waals surface area contributed by atoms with Crippen LogP contribution in [0.15, 0.2) is 18.2 Å². The zero-order chi connectivity index (χ0) is 14.4. The molecule has 1 rings (SSSR count). The van der Waals surface area contributed by atoms with Gasteiger partial charge >= 0.3 is 0 Å². The first-order chi connectivity index (χ1) is 8.97. The van der Waals surface area contributed by atoms with Gasteiger partial charge in [0.1, 0.15) is 5.69 Å². The lowest BCUT2D eigenvalue weighted by atomic mass is 10.2. The summed E-state index contributed by atoms with van der Waals surface area (Å²) in [5, 5.41) is 14.6. The minimum Gasteiger partial charge on any atom is -0.376 e. The third-order valence-corrected chi connectivity index (χ3v) is 3.22. The first-order valence-electron chi connectivity index (χ1n) is 6.40. The molecule has 1 aromatic rings. The van der Waals surface area contributed by atoms with Gasteiger partial charge in [0, 0.05) is 23.7 Å². The van der Waals surface area contributed by atoms with Crippen molar-refractivity contribution in [3.05, 3.63) is 33.3 Å². The van der Waals surface area contributed by atoms with E-state index in [0.717, 1.165) is 19.6 Å². The number of nitrogens with zero attached hydrogens (tertiary/aromatic N) is 2. The molecule has 106 valence electrons. The number of benzene rings is 1. The van der Waals surface area contributed by atoms with Crippen molar-refractivity contribution in [2.24, 2.45) is 0 Å². The highest BCUT2D eigenvalue weighted by molar-refractivity contribution is 6.31. The van der Waals surface area contributed by atoms with Crippen molar-refractivity contribution in [1.82, 2.24) is 4.90 Å². The van der Waals surface area contributed by atoms with Crippen molar-refractivity contribution in [3.8, 4) is 0 Å². The topological polar surface area (TPSA) is 58.4 Å². The first kappa shape index (κ1) is 15.7. The van der Waals surface area contributed by atoms with Gasteiger partial charge in [-0.15, -0.1) is 0 Å². The summed E-state index contributed by atoms with van der Waals surface area (Å²) < 4.78 is 0. The zero-order valence-electron chi connectivity index (χ0n) is 11.5. The fourth-order valence-corrected chi connectivity index (χ4v) is 2.14. The lowest BCUT2D eigenvalue weighted by Crippen LogP contribution is -2.34. The van der Waals surface area contributed by atoms with Crippen LogP contribution in [0.25, 0.3) is 0 Å². The van der Waals surface area contributed by atoms with Crippen molar-refractivity contribution in [2.45, 2.75) is 26.8 Å². The summed E-state index contributed by atoms with van der Waals surface area (Å²) in [6.07, 6.45) is 0. The standard InChI is InChI=1S/C13H20ClN3O2/c1-4-16(5-2)9-10(3)15-12-8-11(14)6-7-13(12)17(18)19/h6-8,10,15H,4-5,9H2,1-3H3. The van der Waals surface area contributed by atoms with Gasteiger partial charge in [0.2, 0.25) is 0 Å². The molecule has 5 nitrogen and oxygen atoms in total. The Hall–Kier alpha value is -1.33. The molecule has 0 saturated heterocycles. The predicted octanol–water partition coefficient (Wildman–Crippen LogP) is 3.39. The Balaban J connectivity index is 2.80. The number of hydrogen-bond donors (Lipinski definition) is 1. The van der Waals surface area contributed by atoms with E-state index in [4.69, 9.17) is 11.6 Å². The quantitative estimate of drug-likeness (QED) is 0.616. The third kappa shape index (κ3) is 4.69. The Morgan fingerprint density at radius 3 is 2.58 bits per heavy atom. The minimum atomic E-state index is -0.400. The maximum absolute atomic E-state index is 11.0. The molecule has 1 atom stereocenters. The number of hydrogen-bond acceptors (Lipinski definition) is 4. The van der Waals surface area contributed by atoms with E-state index >= 15 is 0 Å². The molecule has 6 heteroatoms. The van der Waals surface area contributed by atoms with E-state index in [2.05, 4.69) is 24.1 Å². The molecule has 0 aromatic heterocycles. The van der Waals surface area contributed by atoms with E-state index in [-0.39, 0.29) is 11.7 Å². The van der Waals surface area contributed by atoms with Crippen molar-refractivity contribution in [3.63, 3.8) is 0 Å². The van der Waals surface area contributed by atoms with E-state index in [1.807, 2.05) is 6.92 Å². The number of likely N-dealkylation sites (N-methyl/N-ethyl adjacent to an activating group) is 1. The van der Waals surface area contributed by atoms with Crippen LogP contribution in [0.1, 0.15) is 20.8 Å². The number of nitro groups is 1. The van der Waals surface area contributed by atoms with Crippen LogP contribution >= 0.6 is 11.6 Å². The normalized spacial score (nSPS) is 12.5. The lowest BCUT2D eigenvalue weighted by molar-refractivity contribution is -0.384. The van der Waals surface area contributed by atoms with E-state index < -0.39 is 4.92 Å². The molecule has 1 aromatic carbocycles. The Labute approximate surface area is 118 Å². The van der Waals surface area contributed by atoms with Crippen LogP contribution in [0.3, 0.4) is 0 Å². The fraction of sp³-hybridized carbons (Fsp3) is 0.538. The average molecular weight is 286 g/mol. The first-order valence-corrected chi connectivity index (χ1v) is 6.78. The van der Waals surface area contributed by atoms with Crippen LogP contribution < -0.4 is 5.32 Å². The SMILES string of the molecule is CCN(CC)CC(C)Nc1cc(Cl)ccc1[N+](=O)[O-]. The predicted molar refractivity (Wildman–Crippen MR) is 79.0 cm³/mol. The van der Waals surface area contributed by atoms with Gasteiger partial charge in [0.15, 0.2) is 0 Å². The molecule has 0 spiro atoms. The summed E-state index contributed by atoms with van der Waals surface area (Å²) in [6, 6.07) is 4.66. The highest BCUT2D eigenvalue weighted by atomic mass is 35.5. The molecule has 0 bridgehead atoms. The second kappa shape index (κ2) is 7.31. The maximum Gasteiger partial charge on any atom is 0.292 e. The molecular formula is C13H20ClN3O2. The molecule has 19 heavy (non-hydrogen) atoms. The highest BCUT2D eigenvalue weighted by Gasteiger charge is 2.16. The molecule has 1 N–H and O–H groups in total. The Morgan fingerprint density at radius 1 is 1.42 bits per heavy atom. The number of rotatable bonds is 7. The third-order valence-electron chi connectivity index (χ3n) is 2.98. The van der Waals surface area contributed by atoms with E-state index in [9.17, 15) is 10.1 Å². The van der Waals surface area contributed by atoms with Crippen LogP contribution in [-0.4, -0.2) is 35.5 Å². The number of nitro benzene ring substituents is 1. The van der Waals surface area contributed by atoms with Crippen molar-refractivity contribution >= 4 is 23.0 Å². The van der Waals surface area contributed by atoms with E-state index in [0.29, 0.717) is 10.7 Å². The smallest absolute Gasteiger partial charge is 0.292 e. The Morgan fingerprint density at radius 2 is 2.05 bits per heavy atom. The largest absolute Gasteiger partial charge is 0.376 e. The summed E-state index contributed by atoms with van der Waals surface area (Å²) in [7, 11) is 0. The van der Waals surface area contributed by atoms with Crippen LogP contribution in [0.2, 0.25) is 5.02 Å². The van der Waals surface area contributed by atoms with E-state index in [1.54, 1.807) is 6.07 Å². The maximum atomic E-state index is 11.0.